The lowest BCUT2D eigenvalue weighted by molar-refractivity contribution is 0.276. The number of rotatable bonds is 2. The lowest BCUT2D eigenvalue weighted by Crippen LogP contribution is -2.29. The first-order chi connectivity index (χ1) is 7.29. The smallest absolute Gasteiger partial charge is 0.147 e. The molecule has 2 rings (SSSR count). The van der Waals surface area contributed by atoms with Gasteiger partial charge in [0.25, 0.3) is 0 Å². The van der Waals surface area contributed by atoms with Crippen LogP contribution in [0.25, 0.3) is 0 Å². The summed E-state index contributed by atoms with van der Waals surface area (Å²) < 4.78 is 0. The molecule has 1 aliphatic heterocycles. The highest BCUT2D eigenvalue weighted by Crippen LogP contribution is 2.16. The van der Waals surface area contributed by atoms with E-state index in [9.17, 15) is 0 Å². The average Bonchev–Trinajstić information content (AvgIpc) is 2.30. The topological polar surface area (TPSA) is 49.2 Å². The SMILES string of the molecule is CC1=CCN(c2cnc(CO)cn2)CC1. The van der Waals surface area contributed by atoms with Gasteiger partial charge in [0, 0.05) is 13.1 Å². The fourth-order valence-electron chi connectivity index (χ4n) is 1.57. The molecule has 4 heteroatoms. The van der Waals surface area contributed by atoms with Crippen LogP contribution in [-0.4, -0.2) is 28.2 Å². The predicted molar refractivity (Wildman–Crippen MR) is 58.5 cm³/mol. The molecule has 2 heterocycles. The molecule has 0 saturated heterocycles. The van der Waals surface area contributed by atoms with Crippen LogP contribution in [0.4, 0.5) is 5.82 Å². The Kier molecular flexibility index (Phi) is 2.97. The van der Waals surface area contributed by atoms with E-state index in [2.05, 4.69) is 27.9 Å². The summed E-state index contributed by atoms with van der Waals surface area (Å²) in [4.78, 5) is 10.6. The summed E-state index contributed by atoms with van der Waals surface area (Å²) in [6.45, 7) is 4.00. The van der Waals surface area contributed by atoms with Crippen molar-refractivity contribution in [3.8, 4) is 0 Å². The molecule has 1 aliphatic rings. The third-order valence-corrected chi connectivity index (χ3v) is 2.61. The predicted octanol–water partition coefficient (Wildman–Crippen LogP) is 1.13. The van der Waals surface area contributed by atoms with E-state index >= 15 is 0 Å². The number of nitrogens with zero attached hydrogens (tertiary/aromatic N) is 3. The number of aliphatic hydroxyl groups is 1. The third kappa shape index (κ3) is 2.33. The molecule has 1 N–H and O–H groups in total. The minimum Gasteiger partial charge on any atom is -0.390 e. The van der Waals surface area contributed by atoms with Crippen molar-refractivity contribution in [2.75, 3.05) is 18.0 Å². The maximum absolute atomic E-state index is 8.85. The van der Waals surface area contributed by atoms with Crippen molar-refractivity contribution < 1.29 is 5.11 Å². The Morgan fingerprint density at radius 1 is 1.40 bits per heavy atom. The second kappa shape index (κ2) is 4.40. The number of aliphatic hydroxyl groups excluding tert-OH is 1. The van der Waals surface area contributed by atoms with E-state index in [4.69, 9.17) is 5.11 Å². The van der Waals surface area contributed by atoms with E-state index in [1.54, 1.807) is 12.4 Å². The average molecular weight is 205 g/mol. The van der Waals surface area contributed by atoms with Gasteiger partial charge >= 0.3 is 0 Å². The molecule has 0 amide bonds. The van der Waals surface area contributed by atoms with Crippen molar-refractivity contribution in [2.45, 2.75) is 20.0 Å². The van der Waals surface area contributed by atoms with Crippen LogP contribution in [0, 0.1) is 0 Å². The van der Waals surface area contributed by atoms with E-state index in [-0.39, 0.29) is 6.61 Å². The second-order valence-electron chi connectivity index (χ2n) is 3.77. The van der Waals surface area contributed by atoms with Gasteiger partial charge in [0.05, 0.1) is 24.7 Å². The van der Waals surface area contributed by atoms with Crippen molar-refractivity contribution in [1.29, 1.82) is 0 Å². The quantitative estimate of drug-likeness (QED) is 0.735. The highest BCUT2D eigenvalue weighted by atomic mass is 16.3. The van der Waals surface area contributed by atoms with Crippen LogP contribution in [0.3, 0.4) is 0 Å². The standard InChI is InChI=1S/C11H15N3O/c1-9-2-4-14(5-3-9)11-7-12-10(8-15)6-13-11/h2,6-7,15H,3-5,8H2,1H3. The zero-order valence-corrected chi connectivity index (χ0v) is 8.85. The molecule has 0 bridgehead atoms. The molecule has 0 unspecified atom stereocenters. The van der Waals surface area contributed by atoms with Crippen molar-refractivity contribution in [3.05, 3.63) is 29.7 Å². The molecule has 0 atom stereocenters. The van der Waals surface area contributed by atoms with Crippen molar-refractivity contribution in [1.82, 2.24) is 9.97 Å². The maximum atomic E-state index is 8.85. The van der Waals surface area contributed by atoms with E-state index < -0.39 is 0 Å². The molecular weight excluding hydrogens is 190 g/mol. The minimum absolute atomic E-state index is 0.0493. The normalized spacial score (nSPS) is 16.4. The van der Waals surface area contributed by atoms with Crippen LogP contribution in [0.5, 0.6) is 0 Å². The minimum atomic E-state index is -0.0493. The van der Waals surface area contributed by atoms with E-state index in [1.165, 1.54) is 5.57 Å². The highest BCUT2D eigenvalue weighted by Gasteiger charge is 2.11. The molecule has 0 aliphatic carbocycles. The Labute approximate surface area is 89.3 Å². The van der Waals surface area contributed by atoms with Crippen LogP contribution >= 0.6 is 0 Å². The summed E-state index contributed by atoms with van der Waals surface area (Å²) in [6, 6.07) is 0. The fraction of sp³-hybridized carbons (Fsp3) is 0.455. The first kappa shape index (κ1) is 10.1. The molecule has 0 saturated carbocycles. The zero-order chi connectivity index (χ0) is 10.7. The van der Waals surface area contributed by atoms with Gasteiger partial charge < -0.3 is 10.0 Å². The van der Waals surface area contributed by atoms with E-state index in [0.717, 1.165) is 25.3 Å². The maximum Gasteiger partial charge on any atom is 0.147 e. The summed E-state index contributed by atoms with van der Waals surface area (Å²) >= 11 is 0. The van der Waals surface area contributed by atoms with Gasteiger partial charge in [-0.15, -0.1) is 0 Å². The largest absolute Gasteiger partial charge is 0.390 e. The summed E-state index contributed by atoms with van der Waals surface area (Å²) in [5.74, 6) is 0.885. The molecule has 0 spiro atoms. The highest BCUT2D eigenvalue weighted by molar-refractivity contribution is 5.38. The monoisotopic (exact) mass is 205 g/mol. The van der Waals surface area contributed by atoms with Crippen LogP contribution < -0.4 is 4.90 Å². The Morgan fingerprint density at radius 2 is 2.27 bits per heavy atom. The molecule has 0 radical (unpaired) electrons. The van der Waals surface area contributed by atoms with Crippen LogP contribution in [0.15, 0.2) is 24.0 Å². The van der Waals surface area contributed by atoms with Crippen molar-refractivity contribution in [2.24, 2.45) is 0 Å². The molecular formula is C11H15N3O. The van der Waals surface area contributed by atoms with Gasteiger partial charge in [-0.05, 0) is 13.3 Å². The molecule has 1 aromatic heterocycles. The number of anilines is 1. The zero-order valence-electron chi connectivity index (χ0n) is 8.85. The molecule has 4 nitrogen and oxygen atoms in total. The molecule has 80 valence electrons. The summed E-state index contributed by atoms with van der Waals surface area (Å²) in [5.41, 5.74) is 2.05. The van der Waals surface area contributed by atoms with Gasteiger partial charge in [-0.3, -0.25) is 4.98 Å². The molecule has 15 heavy (non-hydrogen) atoms. The van der Waals surface area contributed by atoms with E-state index in [1.807, 2.05) is 0 Å². The summed E-state index contributed by atoms with van der Waals surface area (Å²) in [6.07, 6.45) is 6.65. The van der Waals surface area contributed by atoms with Crippen molar-refractivity contribution in [3.63, 3.8) is 0 Å². The Balaban J connectivity index is 2.10. The van der Waals surface area contributed by atoms with Gasteiger partial charge in [0.15, 0.2) is 0 Å². The Bertz CT molecular complexity index is 359. The van der Waals surface area contributed by atoms with Crippen LogP contribution in [0.1, 0.15) is 19.0 Å². The van der Waals surface area contributed by atoms with Gasteiger partial charge in [0.2, 0.25) is 0 Å². The van der Waals surface area contributed by atoms with Crippen LogP contribution in [0.2, 0.25) is 0 Å². The second-order valence-corrected chi connectivity index (χ2v) is 3.77. The van der Waals surface area contributed by atoms with Gasteiger partial charge in [-0.25, -0.2) is 4.98 Å². The van der Waals surface area contributed by atoms with E-state index in [0.29, 0.717) is 5.69 Å². The third-order valence-electron chi connectivity index (χ3n) is 2.61. The fourth-order valence-corrected chi connectivity index (χ4v) is 1.57. The summed E-state index contributed by atoms with van der Waals surface area (Å²) in [5, 5.41) is 8.85. The van der Waals surface area contributed by atoms with Gasteiger partial charge in [0.1, 0.15) is 5.82 Å². The lowest BCUT2D eigenvalue weighted by Gasteiger charge is -2.26. The van der Waals surface area contributed by atoms with Crippen molar-refractivity contribution >= 4 is 5.82 Å². The molecule has 0 aromatic carbocycles. The molecule has 1 aromatic rings. The number of aromatic nitrogens is 2. The van der Waals surface area contributed by atoms with Crippen LogP contribution in [-0.2, 0) is 6.61 Å². The number of hydrogen-bond acceptors (Lipinski definition) is 4. The first-order valence-corrected chi connectivity index (χ1v) is 5.12. The molecule has 0 fully saturated rings. The Hall–Kier alpha value is -1.42. The van der Waals surface area contributed by atoms with Gasteiger partial charge in [-0.2, -0.15) is 0 Å². The Morgan fingerprint density at radius 3 is 2.80 bits per heavy atom. The lowest BCUT2D eigenvalue weighted by atomic mass is 10.1. The van der Waals surface area contributed by atoms with Gasteiger partial charge in [-0.1, -0.05) is 11.6 Å². The summed E-state index contributed by atoms with van der Waals surface area (Å²) in [7, 11) is 0. The number of hydrogen-bond donors (Lipinski definition) is 1. The first-order valence-electron chi connectivity index (χ1n) is 5.12.